The number of carbonyl (C=O) groups is 2. The number of H-pyrrole nitrogens is 1. The molecule has 1 aliphatic heterocycles. The maximum absolute atomic E-state index is 12.7. The zero-order valence-corrected chi connectivity index (χ0v) is 18.2. The van der Waals surface area contributed by atoms with Crippen LogP contribution in [0, 0.1) is 0 Å². The van der Waals surface area contributed by atoms with Gasteiger partial charge in [-0.05, 0) is 43.3 Å². The highest BCUT2D eigenvalue weighted by Crippen LogP contribution is 2.22. The number of rotatable bonds is 4. The molecule has 2 aromatic carbocycles. The number of hydrogen-bond acceptors (Lipinski definition) is 5. The topological polar surface area (TPSA) is 102 Å². The summed E-state index contributed by atoms with van der Waals surface area (Å²) in [6.45, 7) is 3.41. The highest BCUT2D eigenvalue weighted by molar-refractivity contribution is 6.34. The van der Waals surface area contributed by atoms with E-state index in [1.54, 1.807) is 29.2 Å². The summed E-state index contributed by atoms with van der Waals surface area (Å²) in [5.74, 6) is 0.0479. The number of aromatic nitrogens is 2. The Kier molecular flexibility index (Phi) is 6.15. The smallest absolute Gasteiger partial charge is 0.255 e. The van der Waals surface area contributed by atoms with Gasteiger partial charge in [0.1, 0.15) is 5.82 Å². The van der Waals surface area contributed by atoms with E-state index in [1.807, 2.05) is 13.0 Å². The van der Waals surface area contributed by atoms with E-state index in [-0.39, 0.29) is 22.9 Å². The number of imidazole rings is 1. The van der Waals surface area contributed by atoms with E-state index in [9.17, 15) is 14.8 Å². The van der Waals surface area contributed by atoms with Gasteiger partial charge in [0, 0.05) is 36.8 Å². The lowest BCUT2D eigenvalue weighted by Gasteiger charge is -2.31. The minimum absolute atomic E-state index is 0.204. The molecule has 2 heterocycles. The summed E-state index contributed by atoms with van der Waals surface area (Å²) in [5, 5.41) is 14.3. The van der Waals surface area contributed by atoms with Crippen molar-refractivity contribution in [2.75, 3.05) is 26.2 Å². The van der Waals surface area contributed by atoms with Crippen molar-refractivity contribution in [3.63, 3.8) is 0 Å². The maximum Gasteiger partial charge on any atom is 0.255 e. The summed E-state index contributed by atoms with van der Waals surface area (Å²) in [5.41, 5.74) is 2.21. The van der Waals surface area contributed by atoms with Gasteiger partial charge in [0.25, 0.3) is 11.8 Å². The van der Waals surface area contributed by atoms with E-state index in [0.29, 0.717) is 48.2 Å². The molecule has 3 N–H and O–H groups in total. The molecule has 0 radical (unpaired) electrons. The molecule has 0 spiro atoms. The number of amides is 2. The van der Waals surface area contributed by atoms with Crippen LogP contribution in [0.15, 0.2) is 36.4 Å². The van der Waals surface area contributed by atoms with Crippen LogP contribution in [0.5, 0.6) is 0 Å². The first kappa shape index (κ1) is 21.6. The Morgan fingerprint density at radius 3 is 2.58 bits per heavy atom. The molecule has 1 unspecified atom stereocenters. The van der Waals surface area contributed by atoms with Crippen molar-refractivity contribution in [2.24, 2.45) is 0 Å². The Morgan fingerprint density at radius 1 is 1.13 bits per heavy atom. The van der Waals surface area contributed by atoms with Crippen molar-refractivity contribution >= 4 is 46.0 Å². The van der Waals surface area contributed by atoms with E-state index in [2.05, 4.69) is 15.3 Å². The second-order valence-corrected chi connectivity index (χ2v) is 8.26. The fourth-order valence-corrected chi connectivity index (χ4v) is 3.89. The number of fused-ring (bicyclic) bond motifs is 1. The average Bonchev–Trinajstić information content (AvgIpc) is 3.17. The molecule has 1 aliphatic rings. The minimum atomic E-state index is -0.381. The third-order valence-corrected chi connectivity index (χ3v) is 5.77. The summed E-state index contributed by atoms with van der Waals surface area (Å²) in [4.78, 5) is 34.7. The number of benzene rings is 2. The van der Waals surface area contributed by atoms with Crippen molar-refractivity contribution in [1.82, 2.24) is 25.2 Å². The van der Waals surface area contributed by atoms with Crippen molar-refractivity contribution in [1.29, 1.82) is 0 Å². The summed E-state index contributed by atoms with van der Waals surface area (Å²) < 4.78 is 0. The SMILES string of the molecule is CC(NC(=O)c1ccc(C(=O)N2CCN(O)CC2)c(Cl)c1)c1nc2ccc(Cl)cc2[nH]1. The predicted octanol–water partition coefficient (Wildman–Crippen LogP) is 3.51. The first-order valence-corrected chi connectivity index (χ1v) is 10.6. The van der Waals surface area contributed by atoms with E-state index in [1.165, 1.54) is 11.1 Å². The third-order valence-electron chi connectivity index (χ3n) is 5.22. The van der Waals surface area contributed by atoms with Gasteiger partial charge in [-0.15, -0.1) is 0 Å². The van der Waals surface area contributed by atoms with Crippen LogP contribution in [0.3, 0.4) is 0 Å². The van der Waals surface area contributed by atoms with Crippen molar-refractivity contribution in [3.05, 3.63) is 63.4 Å². The van der Waals surface area contributed by atoms with Gasteiger partial charge in [0.05, 0.1) is 27.7 Å². The zero-order valence-electron chi connectivity index (χ0n) is 16.7. The van der Waals surface area contributed by atoms with Crippen LogP contribution in [0.25, 0.3) is 11.0 Å². The Bertz CT molecular complexity index is 1140. The van der Waals surface area contributed by atoms with Crippen molar-refractivity contribution in [2.45, 2.75) is 13.0 Å². The van der Waals surface area contributed by atoms with Gasteiger partial charge in [-0.25, -0.2) is 4.98 Å². The number of hydroxylamine groups is 2. The molecule has 31 heavy (non-hydrogen) atoms. The number of piperazine rings is 1. The predicted molar refractivity (Wildman–Crippen MR) is 118 cm³/mol. The van der Waals surface area contributed by atoms with E-state index in [4.69, 9.17) is 23.2 Å². The first-order valence-electron chi connectivity index (χ1n) is 9.80. The third kappa shape index (κ3) is 4.67. The molecular formula is C21H21Cl2N5O3. The molecule has 10 heteroatoms. The highest BCUT2D eigenvalue weighted by atomic mass is 35.5. The van der Waals surface area contributed by atoms with Crippen LogP contribution in [-0.4, -0.2) is 63.1 Å². The summed E-state index contributed by atoms with van der Waals surface area (Å²) >= 11 is 12.3. The van der Waals surface area contributed by atoms with Crippen molar-refractivity contribution in [3.8, 4) is 0 Å². The summed E-state index contributed by atoms with van der Waals surface area (Å²) in [6, 6.07) is 9.57. The molecule has 0 bridgehead atoms. The lowest BCUT2D eigenvalue weighted by Crippen LogP contribution is -2.47. The molecular weight excluding hydrogens is 441 g/mol. The number of hydrogen-bond donors (Lipinski definition) is 3. The lowest BCUT2D eigenvalue weighted by atomic mass is 10.1. The fourth-order valence-electron chi connectivity index (χ4n) is 3.45. The fraction of sp³-hybridized carbons (Fsp3) is 0.286. The molecule has 0 saturated carbocycles. The average molecular weight is 462 g/mol. The number of nitrogens with one attached hydrogen (secondary N) is 2. The van der Waals surface area contributed by atoms with Gasteiger partial charge in [-0.2, -0.15) is 5.06 Å². The van der Waals surface area contributed by atoms with E-state index < -0.39 is 0 Å². The number of aromatic amines is 1. The minimum Gasteiger partial charge on any atom is -0.342 e. The molecule has 4 rings (SSSR count). The Hall–Kier alpha value is -2.65. The van der Waals surface area contributed by atoms with Crippen molar-refractivity contribution < 1.29 is 14.8 Å². The van der Waals surface area contributed by atoms with Crippen LogP contribution >= 0.6 is 23.2 Å². The molecule has 1 aromatic heterocycles. The molecule has 8 nitrogen and oxygen atoms in total. The second kappa shape index (κ2) is 8.84. The largest absolute Gasteiger partial charge is 0.342 e. The van der Waals surface area contributed by atoms with Gasteiger partial charge < -0.3 is 20.4 Å². The quantitative estimate of drug-likeness (QED) is 0.551. The molecule has 1 saturated heterocycles. The first-order chi connectivity index (χ1) is 14.8. The standard InChI is InChI=1S/C21H21Cl2N5O3/c1-12(19-25-17-5-3-14(22)11-18(17)26-19)24-20(29)13-2-4-15(16(23)10-13)21(30)27-6-8-28(31)9-7-27/h2-5,10-12,31H,6-9H2,1H3,(H,24,29)(H,25,26). The molecule has 1 fully saturated rings. The van der Waals surface area contributed by atoms with Crippen LogP contribution < -0.4 is 5.32 Å². The molecule has 0 aliphatic carbocycles. The Balaban J connectivity index is 1.45. The Morgan fingerprint density at radius 2 is 1.87 bits per heavy atom. The number of nitrogens with zero attached hydrogens (tertiary/aromatic N) is 3. The summed E-state index contributed by atoms with van der Waals surface area (Å²) in [7, 11) is 0. The lowest BCUT2D eigenvalue weighted by molar-refractivity contribution is -0.112. The van der Waals surface area contributed by atoms with Gasteiger partial charge in [0.15, 0.2) is 0 Å². The zero-order chi connectivity index (χ0) is 22.1. The Labute approximate surface area is 188 Å². The molecule has 2 amide bonds. The van der Waals surface area contributed by atoms with E-state index in [0.717, 1.165) is 11.0 Å². The van der Waals surface area contributed by atoms with Crippen LogP contribution in [-0.2, 0) is 0 Å². The van der Waals surface area contributed by atoms with E-state index >= 15 is 0 Å². The second-order valence-electron chi connectivity index (χ2n) is 7.42. The van der Waals surface area contributed by atoms with Crippen LogP contribution in [0.4, 0.5) is 0 Å². The van der Waals surface area contributed by atoms with Crippen LogP contribution in [0.1, 0.15) is 39.5 Å². The normalized spacial score (nSPS) is 15.8. The van der Waals surface area contributed by atoms with Gasteiger partial charge in [-0.3, -0.25) is 9.59 Å². The monoisotopic (exact) mass is 461 g/mol. The molecule has 162 valence electrons. The molecule has 1 atom stereocenters. The van der Waals surface area contributed by atoms with Gasteiger partial charge in [-0.1, -0.05) is 23.2 Å². The summed E-state index contributed by atoms with van der Waals surface area (Å²) in [6.07, 6.45) is 0. The number of carbonyl (C=O) groups excluding carboxylic acids is 2. The van der Waals surface area contributed by atoms with Gasteiger partial charge in [0.2, 0.25) is 0 Å². The number of halogens is 2. The molecule has 3 aromatic rings. The highest BCUT2D eigenvalue weighted by Gasteiger charge is 2.24. The van der Waals surface area contributed by atoms with Gasteiger partial charge >= 0.3 is 0 Å². The maximum atomic E-state index is 12.7. The van der Waals surface area contributed by atoms with Crippen LogP contribution in [0.2, 0.25) is 10.0 Å².